The molecule has 142 valence electrons. The molecule has 1 aromatic carbocycles. The van der Waals surface area contributed by atoms with E-state index in [9.17, 15) is 9.59 Å². The first-order valence-electron chi connectivity index (χ1n) is 9.81. The van der Waals surface area contributed by atoms with Gasteiger partial charge in [0.25, 0.3) is 5.91 Å². The predicted octanol–water partition coefficient (Wildman–Crippen LogP) is 2.59. The van der Waals surface area contributed by atoms with Gasteiger partial charge in [-0.05, 0) is 36.3 Å². The summed E-state index contributed by atoms with van der Waals surface area (Å²) in [6.45, 7) is 7.68. The van der Waals surface area contributed by atoms with Gasteiger partial charge in [-0.15, -0.1) is 0 Å². The summed E-state index contributed by atoms with van der Waals surface area (Å²) in [5, 5.41) is 0. The number of nitrogens with zero attached hydrogens (tertiary/aromatic N) is 2. The number of benzene rings is 1. The largest absolute Gasteiger partial charge is 0.368 e. The zero-order valence-corrected chi connectivity index (χ0v) is 15.9. The molecule has 2 amide bonds. The third kappa shape index (κ3) is 4.64. The molecule has 0 radical (unpaired) electrons. The molecule has 0 aliphatic carbocycles. The van der Waals surface area contributed by atoms with Gasteiger partial charge in [0.15, 0.2) is 0 Å². The fourth-order valence-corrected chi connectivity index (χ4v) is 3.67. The van der Waals surface area contributed by atoms with Crippen LogP contribution < -0.4 is 0 Å². The molecule has 0 N–H and O–H groups in total. The highest BCUT2D eigenvalue weighted by Gasteiger charge is 2.30. The Balaban J connectivity index is 1.53. The van der Waals surface area contributed by atoms with E-state index in [0.717, 1.165) is 31.4 Å². The summed E-state index contributed by atoms with van der Waals surface area (Å²) in [6.07, 6.45) is 2.78. The van der Waals surface area contributed by atoms with Crippen LogP contribution in [0.4, 0.5) is 0 Å². The van der Waals surface area contributed by atoms with Crippen LogP contribution in [0.1, 0.15) is 50.2 Å². The van der Waals surface area contributed by atoms with Crippen LogP contribution in [-0.2, 0) is 20.7 Å². The molecule has 0 bridgehead atoms. The Morgan fingerprint density at radius 3 is 2.38 bits per heavy atom. The predicted molar refractivity (Wildman–Crippen MR) is 101 cm³/mol. The fraction of sp³-hybridized carbons (Fsp3) is 0.619. The van der Waals surface area contributed by atoms with E-state index in [4.69, 9.17) is 4.74 Å². The lowest BCUT2D eigenvalue weighted by atomic mass is 10.0. The summed E-state index contributed by atoms with van der Waals surface area (Å²) in [6, 6.07) is 8.33. The first-order valence-corrected chi connectivity index (χ1v) is 9.81. The molecule has 0 saturated carbocycles. The van der Waals surface area contributed by atoms with Gasteiger partial charge in [-0.3, -0.25) is 9.59 Å². The molecule has 5 nitrogen and oxygen atoms in total. The molecule has 1 atom stereocenters. The van der Waals surface area contributed by atoms with Gasteiger partial charge in [-0.1, -0.05) is 38.1 Å². The van der Waals surface area contributed by atoms with E-state index in [1.54, 1.807) is 0 Å². The first-order chi connectivity index (χ1) is 12.5. The van der Waals surface area contributed by atoms with E-state index in [-0.39, 0.29) is 17.9 Å². The van der Waals surface area contributed by atoms with Crippen LogP contribution in [0.15, 0.2) is 24.3 Å². The second kappa shape index (κ2) is 8.67. The van der Waals surface area contributed by atoms with Crippen LogP contribution in [-0.4, -0.2) is 60.5 Å². The van der Waals surface area contributed by atoms with E-state index in [0.29, 0.717) is 38.6 Å². The van der Waals surface area contributed by atoms with Crippen LogP contribution in [0, 0.1) is 0 Å². The van der Waals surface area contributed by atoms with E-state index in [2.05, 4.69) is 38.1 Å². The average molecular weight is 358 g/mol. The van der Waals surface area contributed by atoms with Crippen molar-refractivity contribution in [2.45, 2.75) is 51.6 Å². The number of carbonyl (C=O) groups is 2. The van der Waals surface area contributed by atoms with Gasteiger partial charge >= 0.3 is 0 Å². The standard InChI is InChI=1S/C21H30N2O3/c1-16(2)18-8-6-17(7-9-18)15-20(24)22-10-4-11-23(13-12-22)21(25)19-5-3-14-26-19/h6-9,16,19H,3-5,10-15H2,1-2H3. The molecule has 2 fully saturated rings. The SMILES string of the molecule is CC(C)c1ccc(CC(=O)N2CCCN(C(=O)C3CCCO3)CC2)cc1. The highest BCUT2D eigenvalue weighted by Crippen LogP contribution is 2.17. The number of hydrogen-bond donors (Lipinski definition) is 0. The highest BCUT2D eigenvalue weighted by atomic mass is 16.5. The second-order valence-electron chi connectivity index (χ2n) is 7.63. The summed E-state index contributed by atoms with van der Waals surface area (Å²) in [5.41, 5.74) is 2.34. The molecule has 2 saturated heterocycles. The Labute approximate surface area is 156 Å². The first kappa shape index (κ1) is 18.9. The van der Waals surface area contributed by atoms with Gasteiger partial charge in [0.2, 0.25) is 5.91 Å². The molecular formula is C21H30N2O3. The van der Waals surface area contributed by atoms with Crippen molar-refractivity contribution in [1.82, 2.24) is 9.80 Å². The topological polar surface area (TPSA) is 49.9 Å². The quantitative estimate of drug-likeness (QED) is 0.831. The Kier molecular flexibility index (Phi) is 6.30. The summed E-state index contributed by atoms with van der Waals surface area (Å²) < 4.78 is 5.52. The molecular weight excluding hydrogens is 328 g/mol. The van der Waals surface area contributed by atoms with E-state index >= 15 is 0 Å². The van der Waals surface area contributed by atoms with E-state index in [1.807, 2.05) is 9.80 Å². The molecule has 2 aliphatic heterocycles. The maximum Gasteiger partial charge on any atom is 0.251 e. The second-order valence-corrected chi connectivity index (χ2v) is 7.63. The summed E-state index contributed by atoms with van der Waals surface area (Å²) in [4.78, 5) is 29.0. The Morgan fingerprint density at radius 1 is 1.04 bits per heavy atom. The number of ether oxygens (including phenoxy) is 1. The van der Waals surface area contributed by atoms with Crippen LogP contribution in [0.2, 0.25) is 0 Å². The maximum absolute atomic E-state index is 12.7. The van der Waals surface area contributed by atoms with Crippen molar-refractivity contribution in [2.75, 3.05) is 32.8 Å². The van der Waals surface area contributed by atoms with Gasteiger partial charge in [0.05, 0.1) is 6.42 Å². The zero-order chi connectivity index (χ0) is 18.5. The summed E-state index contributed by atoms with van der Waals surface area (Å²) in [7, 11) is 0. The lowest BCUT2D eigenvalue weighted by Crippen LogP contribution is -2.42. The third-order valence-corrected chi connectivity index (χ3v) is 5.37. The van der Waals surface area contributed by atoms with Crippen LogP contribution in [0.5, 0.6) is 0 Å². The molecule has 26 heavy (non-hydrogen) atoms. The normalized spacial score (nSPS) is 21.1. The molecule has 2 aliphatic rings. The smallest absolute Gasteiger partial charge is 0.251 e. The van der Waals surface area contributed by atoms with Gasteiger partial charge in [0, 0.05) is 32.8 Å². The van der Waals surface area contributed by atoms with Crippen LogP contribution in [0.25, 0.3) is 0 Å². The van der Waals surface area contributed by atoms with Crippen molar-refractivity contribution in [1.29, 1.82) is 0 Å². The van der Waals surface area contributed by atoms with Crippen LogP contribution >= 0.6 is 0 Å². The number of rotatable bonds is 4. The number of hydrogen-bond acceptors (Lipinski definition) is 3. The van der Waals surface area contributed by atoms with Crippen molar-refractivity contribution >= 4 is 11.8 Å². The van der Waals surface area contributed by atoms with Gasteiger partial charge in [0.1, 0.15) is 6.10 Å². The number of carbonyl (C=O) groups excluding carboxylic acids is 2. The minimum atomic E-state index is -0.267. The molecule has 1 aromatic rings. The van der Waals surface area contributed by atoms with Crippen molar-refractivity contribution in [3.05, 3.63) is 35.4 Å². The minimum absolute atomic E-state index is 0.0982. The van der Waals surface area contributed by atoms with Crippen molar-refractivity contribution in [2.24, 2.45) is 0 Å². The van der Waals surface area contributed by atoms with E-state index in [1.165, 1.54) is 5.56 Å². The minimum Gasteiger partial charge on any atom is -0.368 e. The average Bonchev–Trinajstić information content (AvgIpc) is 3.06. The monoisotopic (exact) mass is 358 g/mol. The van der Waals surface area contributed by atoms with Crippen LogP contribution in [0.3, 0.4) is 0 Å². The zero-order valence-electron chi connectivity index (χ0n) is 15.9. The number of amides is 2. The van der Waals surface area contributed by atoms with Gasteiger partial charge < -0.3 is 14.5 Å². The van der Waals surface area contributed by atoms with Gasteiger partial charge in [-0.2, -0.15) is 0 Å². The Bertz CT molecular complexity index is 621. The van der Waals surface area contributed by atoms with E-state index < -0.39 is 0 Å². The van der Waals surface area contributed by atoms with Crippen molar-refractivity contribution in [3.8, 4) is 0 Å². The molecule has 0 aromatic heterocycles. The third-order valence-electron chi connectivity index (χ3n) is 5.37. The molecule has 5 heteroatoms. The molecule has 2 heterocycles. The highest BCUT2D eigenvalue weighted by molar-refractivity contribution is 5.82. The Morgan fingerprint density at radius 2 is 1.73 bits per heavy atom. The lowest BCUT2D eigenvalue weighted by Gasteiger charge is -2.24. The summed E-state index contributed by atoms with van der Waals surface area (Å²) >= 11 is 0. The van der Waals surface area contributed by atoms with Gasteiger partial charge in [-0.25, -0.2) is 0 Å². The molecule has 3 rings (SSSR count). The molecule has 0 spiro atoms. The fourth-order valence-electron chi connectivity index (χ4n) is 3.67. The van der Waals surface area contributed by atoms with Crippen molar-refractivity contribution < 1.29 is 14.3 Å². The maximum atomic E-state index is 12.7. The Hall–Kier alpha value is -1.88. The summed E-state index contributed by atoms with van der Waals surface area (Å²) in [5.74, 6) is 0.743. The molecule has 1 unspecified atom stereocenters. The lowest BCUT2D eigenvalue weighted by molar-refractivity contribution is -0.141. The van der Waals surface area contributed by atoms with Crippen molar-refractivity contribution in [3.63, 3.8) is 0 Å².